The van der Waals surface area contributed by atoms with Crippen molar-refractivity contribution in [2.45, 2.75) is 26.7 Å². The molecule has 28 heavy (non-hydrogen) atoms. The van der Waals surface area contributed by atoms with E-state index in [1.54, 1.807) is 10.8 Å². The summed E-state index contributed by atoms with van der Waals surface area (Å²) >= 11 is 0. The highest BCUT2D eigenvalue weighted by atomic mass is 16.2. The van der Waals surface area contributed by atoms with Gasteiger partial charge in [0.05, 0.1) is 17.3 Å². The predicted octanol–water partition coefficient (Wildman–Crippen LogP) is 2.88. The molecule has 1 amide bonds. The molecule has 0 radical (unpaired) electrons. The van der Waals surface area contributed by atoms with E-state index in [-0.39, 0.29) is 11.8 Å². The first-order chi connectivity index (χ1) is 13.7. The van der Waals surface area contributed by atoms with Gasteiger partial charge in [-0.05, 0) is 32.8 Å². The minimum Gasteiger partial charge on any atom is -0.368 e. The number of aromatic nitrogens is 4. The predicted molar refractivity (Wildman–Crippen MR) is 109 cm³/mol. The van der Waals surface area contributed by atoms with Crippen LogP contribution in [0.1, 0.15) is 26.7 Å². The molecule has 0 saturated carbocycles. The fraction of sp³-hybridized carbons (Fsp3) is 0.429. The number of anilines is 1. The molecule has 4 rings (SSSR count). The summed E-state index contributed by atoms with van der Waals surface area (Å²) in [6, 6.07) is 12.2. The van der Waals surface area contributed by atoms with Gasteiger partial charge in [0.2, 0.25) is 11.6 Å². The molecule has 3 heterocycles. The normalized spacial score (nSPS) is 17.1. The van der Waals surface area contributed by atoms with Crippen molar-refractivity contribution in [1.29, 1.82) is 0 Å². The lowest BCUT2D eigenvalue weighted by atomic mass is 9.96. The number of rotatable bonds is 5. The molecule has 1 saturated heterocycles. The van der Waals surface area contributed by atoms with E-state index in [2.05, 4.69) is 26.3 Å². The Labute approximate surface area is 165 Å². The van der Waals surface area contributed by atoms with Gasteiger partial charge in [-0.3, -0.25) is 4.79 Å². The van der Waals surface area contributed by atoms with Crippen LogP contribution in [-0.4, -0.2) is 56.8 Å². The van der Waals surface area contributed by atoms with E-state index in [4.69, 9.17) is 0 Å². The number of amides is 1. The lowest BCUT2D eigenvalue weighted by Crippen LogP contribution is -2.45. The summed E-state index contributed by atoms with van der Waals surface area (Å²) in [7, 11) is 0. The molecule has 1 fully saturated rings. The maximum absolute atomic E-state index is 12.9. The van der Waals surface area contributed by atoms with Crippen molar-refractivity contribution in [1.82, 2.24) is 24.7 Å². The highest BCUT2D eigenvalue weighted by molar-refractivity contribution is 5.81. The quantitative estimate of drug-likeness (QED) is 0.683. The second-order valence-corrected chi connectivity index (χ2v) is 7.18. The molecule has 1 aliphatic rings. The van der Waals surface area contributed by atoms with E-state index < -0.39 is 0 Å². The minimum atomic E-state index is 0.0185. The Kier molecular flexibility index (Phi) is 5.23. The highest BCUT2D eigenvalue weighted by Crippen LogP contribution is 2.30. The molecule has 0 N–H and O–H groups in total. The molecule has 7 nitrogen and oxygen atoms in total. The first-order valence-corrected chi connectivity index (χ1v) is 10.0. The van der Waals surface area contributed by atoms with E-state index in [1.165, 1.54) is 0 Å². The lowest BCUT2D eigenvalue weighted by molar-refractivity contribution is -0.135. The molecule has 1 aromatic carbocycles. The zero-order valence-electron chi connectivity index (χ0n) is 16.5. The summed E-state index contributed by atoms with van der Waals surface area (Å²) in [4.78, 5) is 17.1. The molecule has 1 unspecified atom stereocenters. The van der Waals surface area contributed by atoms with Crippen LogP contribution in [-0.2, 0) is 4.79 Å². The SMILES string of the molecule is CCN(CC)C(=O)C1CCCN(c2cc(-c3ccccc3)nn3cnnc23)C1. The minimum absolute atomic E-state index is 0.0185. The molecule has 0 aliphatic carbocycles. The number of carbonyl (C=O) groups is 1. The number of carbonyl (C=O) groups excluding carboxylic acids is 1. The number of nitrogens with zero attached hydrogens (tertiary/aromatic N) is 6. The Hall–Kier alpha value is -2.96. The fourth-order valence-corrected chi connectivity index (χ4v) is 3.98. The molecule has 2 aromatic heterocycles. The second kappa shape index (κ2) is 7.96. The molecular weight excluding hydrogens is 352 g/mol. The topological polar surface area (TPSA) is 66.6 Å². The van der Waals surface area contributed by atoms with Gasteiger partial charge in [0.1, 0.15) is 6.33 Å². The van der Waals surface area contributed by atoms with Gasteiger partial charge in [-0.25, -0.2) is 0 Å². The van der Waals surface area contributed by atoms with Crippen molar-refractivity contribution < 1.29 is 4.79 Å². The number of hydrogen-bond acceptors (Lipinski definition) is 5. The Morgan fingerprint density at radius 2 is 2.00 bits per heavy atom. The number of fused-ring (bicyclic) bond motifs is 1. The van der Waals surface area contributed by atoms with Crippen LogP contribution in [0, 0.1) is 5.92 Å². The van der Waals surface area contributed by atoms with E-state index in [0.717, 1.165) is 55.1 Å². The third-order valence-electron chi connectivity index (χ3n) is 5.50. The molecule has 1 aliphatic heterocycles. The summed E-state index contributed by atoms with van der Waals surface area (Å²) in [5.41, 5.74) is 3.64. The van der Waals surface area contributed by atoms with E-state index in [0.29, 0.717) is 6.54 Å². The van der Waals surface area contributed by atoms with Gasteiger partial charge in [-0.15, -0.1) is 10.2 Å². The van der Waals surface area contributed by atoms with Crippen molar-refractivity contribution in [2.24, 2.45) is 5.92 Å². The second-order valence-electron chi connectivity index (χ2n) is 7.18. The van der Waals surface area contributed by atoms with Crippen LogP contribution in [0.2, 0.25) is 0 Å². The largest absolute Gasteiger partial charge is 0.368 e. The Morgan fingerprint density at radius 3 is 2.75 bits per heavy atom. The summed E-state index contributed by atoms with van der Waals surface area (Å²) in [6.45, 7) is 7.20. The van der Waals surface area contributed by atoms with Crippen LogP contribution in [0.4, 0.5) is 5.69 Å². The Balaban J connectivity index is 1.68. The average Bonchev–Trinajstić information content (AvgIpc) is 3.23. The molecule has 0 spiro atoms. The van der Waals surface area contributed by atoms with E-state index in [9.17, 15) is 4.79 Å². The summed E-state index contributed by atoms with van der Waals surface area (Å²) in [5, 5.41) is 13.0. The monoisotopic (exact) mass is 378 g/mol. The molecule has 3 aromatic rings. The molecular formula is C21H26N6O. The van der Waals surface area contributed by atoms with E-state index in [1.807, 2.05) is 49.1 Å². The average molecular weight is 378 g/mol. The molecule has 146 valence electrons. The van der Waals surface area contributed by atoms with Crippen molar-refractivity contribution >= 4 is 17.2 Å². The lowest BCUT2D eigenvalue weighted by Gasteiger charge is -2.35. The molecule has 0 bridgehead atoms. The van der Waals surface area contributed by atoms with Crippen molar-refractivity contribution in [3.8, 4) is 11.3 Å². The van der Waals surface area contributed by atoms with Gasteiger partial charge in [0.15, 0.2) is 0 Å². The number of piperidine rings is 1. The molecule has 7 heteroatoms. The highest BCUT2D eigenvalue weighted by Gasteiger charge is 2.30. The van der Waals surface area contributed by atoms with Gasteiger partial charge in [0.25, 0.3) is 0 Å². The van der Waals surface area contributed by atoms with Crippen LogP contribution in [0.15, 0.2) is 42.7 Å². The third kappa shape index (κ3) is 3.44. The van der Waals surface area contributed by atoms with Gasteiger partial charge in [-0.1, -0.05) is 30.3 Å². The van der Waals surface area contributed by atoms with Crippen LogP contribution in [0.3, 0.4) is 0 Å². The van der Waals surface area contributed by atoms with Crippen molar-refractivity contribution in [2.75, 3.05) is 31.1 Å². The van der Waals surface area contributed by atoms with Crippen LogP contribution in [0.5, 0.6) is 0 Å². The third-order valence-corrected chi connectivity index (χ3v) is 5.50. The van der Waals surface area contributed by atoms with Gasteiger partial charge in [0, 0.05) is 31.7 Å². The van der Waals surface area contributed by atoms with Gasteiger partial charge in [-0.2, -0.15) is 9.61 Å². The zero-order valence-corrected chi connectivity index (χ0v) is 16.5. The van der Waals surface area contributed by atoms with Crippen LogP contribution < -0.4 is 4.90 Å². The Morgan fingerprint density at radius 1 is 1.21 bits per heavy atom. The first kappa shape index (κ1) is 18.4. The Bertz CT molecular complexity index is 950. The zero-order chi connectivity index (χ0) is 19.5. The molecule has 1 atom stereocenters. The maximum Gasteiger partial charge on any atom is 0.227 e. The van der Waals surface area contributed by atoms with Crippen molar-refractivity contribution in [3.63, 3.8) is 0 Å². The summed E-state index contributed by atoms with van der Waals surface area (Å²) in [5.74, 6) is 0.273. The summed E-state index contributed by atoms with van der Waals surface area (Å²) in [6.07, 6.45) is 3.56. The first-order valence-electron chi connectivity index (χ1n) is 10.0. The maximum atomic E-state index is 12.9. The smallest absolute Gasteiger partial charge is 0.227 e. The van der Waals surface area contributed by atoms with Gasteiger partial charge < -0.3 is 9.80 Å². The van der Waals surface area contributed by atoms with E-state index >= 15 is 0 Å². The number of hydrogen-bond donors (Lipinski definition) is 0. The van der Waals surface area contributed by atoms with Gasteiger partial charge >= 0.3 is 0 Å². The standard InChI is InChI=1S/C21H26N6O/c1-3-25(4-2)21(28)17-11-8-12-26(14-17)19-13-18(16-9-6-5-7-10-16)24-27-15-22-23-20(19)27/h5-7,9-10,13,15,17H,3-4,8,11-12,14H2,1-2H3. The van der Waals surface area contributed by atoms with Crippen LogP contribution >= 0.6 is 0 Å². The fourth-order valence-electron chi connectivity index (χ4n) is 3.98. The van der Waals surface area contributed by atoms with Crippen molar-refractivity contribution in [3.05, 3.63) is 42.7 Å². The number of benzene rings is 1. The summed E-state index contributed by atoms with van der Waals surface area (Å²) < 4.78 is 1.73. The van der Waals surface area contributed by atoms with Crippen LogP contribution in [0.25, 0.3) is 16.9 Å².